The normalized spacial score (nSPS) is 17.6. The number of nitrogens with two attached hydrogens (primary N) is 2. The summed E-state index contributed by atoms with van der Waals surface area (Å²) in [5.74, 6) is 0.687. The third-order valence-corrected chi connectivity index (χ3v) is 3.52. The zero-order chi connectivity index (χ0) is 12.3. The molecule has 0 bridgehead atoms. The minimum absolute atomic E-state index is 0.172. The number of hydrogen-bond donors (Lipinski definition) is 2. The van der Waals surface area contributed by atoms with Crippen molar-refractivity contribution >= 4 is 0 Å². The van der Waals surface area contributed by atoms with Gasteiger partial charge in [-0.1, -0.05) is 13.8 Å². The van der Waals surface area contributed by atoms with Gasteiger partial charge >= 0.3 is 0 Å². The lowest BCUT2D eigenvalue weighted by Gasteiger charge is -2.35. The molecule has 0 aliphatic rings. The van der Waals surface area contributed by atoms with Crippen LogP contribution in [-0.2, 0) is 4.74 Å². The van der Waals surface area contributed by atoms with E-state index in [-0.39, 0.29) is 11.1 Å². The van der Waals surface area contributed by atoms with Crippen LogP contribution in [0.2, 0.25) is 0 Å². The van der Waals surface area contributed by atoms with Gasteiger partial charge in [0.2, 0.25) is 0 Å². The summed E-state index contributed by atoms with van der Waals surface area (Å²) in [7, 11) is 0. The second kappa shape index (κ2) is 5.28. The molecule has 0 spiro atoms. The van der Waals surface area contributed by atoms with Crippen LogP contribution < -0.4 is 11.5 Å². The Bertz CT molecular complexity index is 185. The summed E-state index contributed by atoms with van der Waals surface area (Å²) in [6, 6.07) is 0. The van der Waals surface area contributed by atoms with Gasteiger partial charge in [-0.15, -0.1) is 0 Å². The predicted octanol–water partition coefficient (Wildman–Crippen LogP) is 1.75. The topological polar surface area (TPSA) is 61.3 Å². The zero-order valence-electron chi connectivity index (χ0n) is 11.1. The molecule has 3 nitrogen and oxygen atoms in total. The minimum Gasteiger partial charge on any atom is -0.375 e. The summed E-state index contributed by atoms with van der Waals surface area (Å²) in [5.41, 5.74) is 11.3. The van der Waals surface area contributed by atoms with Crippen molar-refractivity contribution in [2.24, 2.45) is 23.3 Å². The largest absolute Gasteiger partial charge is 0.375 e. The molecule has 0 saturated heterocycles. The van der Waals surface area contributed by atoms with Crippen molar-refractivity contribution < 1.29 is 4.74 Å². The molecule has 0 aliphatic heterocycles. The molecule has 0 aliphatic carbocycles. The molecule has 2 atom stereocenters. The first-order chi connectivity index (χ1) is 6.61. The summed E-state index contributed by atoms with van der Waals surface area (Å²) in [6.07, 6.45) is 0. The average Bonchev–Trinajstić information content (AvgIpc) is 2.11. The van der Waals surface area contributed by atoms with Gasteiger partial charge in [0.1, 0.15) is 0 Å². The van der Waals surface area contributed by atoms with E-state index >= 15 is 0 Å². The van der Waals surface area contributed by atoms with Gasteiger partial charge in [0, 0.05) is 5.54 Å². The van der Waals surface area contributed by atoms with Gasteiger partial charge in [0.25, 0.3) is 0 Å². The van der Waals surface area contributed by atoms with E-state index in [0.29, 0.717) is 25.0 Å². The Kier molecular flexibility index (Phi) is 5.24. The van der Waals surface area contributed by atoms with E-state index in [1.54, 1.807) is 0 Å². The molecule has 0 amide bonds. The van der Waals surface area contributed by atoms with Crippen LogP contribution in [0.15, 0.2) is 0 Å². The molecular formula is C12H28N2O. The number of hydrogen-bond acceptors (Lipinski definition) is 3. The lowest BCUT2D eigenvalue weighted by atomic mass is 9.89. The summed E-state index contributed by atoms with van der Waals surface area (Å²) in [4.78, 5) is 0. The molecule has 0 saturated carbocycles. The van der Waals surface area contributed by atoms with Crippen LogP contribution in [0.25, 0.3) is 0 Å². The Hall–Kier alpha value is -0.120. The predicted molar refractivity (Wildman–Crippen MR) is 65.7 cm³/mol. The van der Waals surface area contributed by atoms with E-state index < -0.39 is 0 Å². The molecule has 0 aromatic heterocycles. The number of rotatable bonds is 6. The van der Waals surface area contributed by atoms with Crippen molar-refractivity contribution in [1.29, 1.82) is 0 Å². The fraction of sp³-hybridized carbons (Fsp3) is 1.00. The molecule has 4 N–H and O–H groups in total. The molecule has 3 heteroatoms. The van der Waals surface area contributed by atoms with E-state index in [0.717, 1.165) is 0 Å². The Labute approximate surface area is 94.5 Å². The third-order valence-electron chi connectivity index (χ3n) is 3.52. The quantitative estimate of drug-likeness (QED) is 0.711. The standard InChI is InChI=1S/C12H28N2O/c1-9(7-13)12(5,6)15-8-10(2)11(3,4)14/h9-10H,7-8,13-14H2,1-6H3. The minimum atomic E-state index is -0.192. The summed E-state index contributed by atoms with van der Waals surface area (Å²) >= 11 is 0. The second-order valence-corrected chi connectivity index (χ2v) is 5.77. The maximum absolute atomic E-state index is 6.01. The molecule has 92 valence electrons. The molecule has 0 radical (unpaired) electrons. The molecule has 0 aromatic carbocycles. The highest BCUT2D eigenvalue weighted by atomic mass is 16.5. The Morgan fingerprint density at radius 2 is 1.53 bits per heavy atom. The number of ether oxygens (including phenoxy) is 1. The lowest BCUT2D eigenvalue weighted by molar-refractivity contribution is -0.0719. The van der Waals surface area contributed by atoms with Gasteiger partial charge in [-0.3, -0.25) is 0 Å². The van der Waals surface area contributed by atoms with E-state index in [1.807, 2.05) is 13.8 Å². The fourth-order valence-corrected chi connectivity index (χ4v) is 0.981. The van der Waals surface area contributed by atoms with Crippen LogP contribution in [0.5, 0.6) is 0 Å². The molecule has 0 aromatic rings. The maximum atomic E-state index is 6.01. The first-order valence-corrected chi connectivity index (χ1v) is 5.74. The van der Waals surface area contributed by atoms with Gasteiger partial charge in [-0.05, 0) is 46.1 Å². The van der Waals surface area contributed by atoms with Gasteiger partial charge in [0.05, 0.1) is 12.2 Å². The Balaban J connectivity index is 4.15. The summed E-state index contributed by atoms with van der Waals surface area (Å²) in [5, 5.41) is 0. The highest BCUT2D eigenvalue weighted by Crippen LogP contribution is 2.23. The van der Waals surface area contributed by atoms with Crippen LogP contribution in [0.1, 0.15) is 41.5 Å². The van der Waals surface area contributed by atoms with Gasteiger partial charge in [-0.25, -0.2) is 0 Å². The summed E-state index contributed by atoms with van der Waals surface area (Å²) in [6.45, 7) is 13.8. The zero-order valence-corrected chi connectivity index (χ0v) is 11.1. The van der Waals surface area contributed by atoms with Crippen molar-refractivity contribution in [3.8, 4) is 0 Å². The molecule has 0 fully saturated rings. The first kappa shape index (κ1) is 14.9. The highest BCUT2D eigenvalue weighted by molar-refractivity contribution is 4.82. The van der Waals surface area contributed by atoms with Crippen molar-refractivity contribution in [2.45, 2.75) is 52.7 Å². The van der Waals surface area contributed by atoms with Crippen LogP contribution in [0.3, 0.4) is 0 Å². The van der Waals surface area contributed by atoms with Crippen molar-refractivity contribution in [3.63, 3.8) is 0 Å². The van der Waals surface area contributed by atoms with Crippen LogP contribution >= 0.6 is 0 Å². The smallest absolute Gasteiger partial charge is 0.0664 e. The van der Waals surface area contributed by atoms with Crippen LogP contribution in [0.4, 0.5) is 0 Å². The van der Waals surface area contributed by atoms with Crippen LogP contribution in [-0.4, -0.2) is 24.3 Å². The van der Waals surface area contributed by atoms with E-state index in [1.165, 1.54) is 0 Å². The highest BCUT2D eigenvalue weighted by Gasteiger charge is 2.28. The maximum Gasteiger partial charge on any atom is 0.0664 e. The van der Waals surface area contributed by atoms with Crippen molar-refractivity contribution in [3.05, 3.63) is 0 Å². The molecular weight excluding hydrogens is 188 g/mol. The average molecular weight is 216 g/mol. The monoisotopic (exact) mass is 216 g/mol. The van der Waals surface area contributed by atoms with E-state index in [9.17, 15) is 0 Å². The van der Waals surface area contributed by atoms with Gasteiger partial charge in [0.15, 0.2) is 0 Å². The van der Waals surface area contributed by atoms with Crippen molar-refractivity contribution in [2.75, 3.05) is 13.2 Å². The van der Waals surface area contributed by atoms with Crippen LogP contribution in [0, 0.1) is 11.8 Å². The van der Waals surface area contributed by atoms with E-state index in [4.69, 9.17) is 16.2 Å². The molecule has 2 unspecified atom stereocenters. The SMILES string of the molecule is CC(COC(C)(C)C(C)CN)C(C)(C)N. The first-order valence-electron chi connectivity index (χ1n) is 5.74. The van der Waals surface area contributed by atoms with E-state index in [2.05, 4.69) is 27.7 Å². The molecule has 0 heterocycles. The molecule has 0 rings (SSSR count). The lowest BCUT2D eigenvalue weighted by Crippen LogP contribution is -2.45. The van der Waals surface area contributed by atoms with Gasteiger partial charge in [-0.2, -0.15) is 0 Å². The molecule has 15 heavy (non-hydrogen) atoms. The Morgan fingerprint density at radius 3 is 1.87 bits per heavy atom. The van der Waals surface area contributed by atoms with Crippen molar-refractivity contribution in [1.82, 2.24) is 0 Å². The third kappa shape index (κ3) is 4.96. The van der Waals surface area contributed by atoms with Gasteiger partial charge < -0.3 is 16.2 Å². The second-order valence-electron chi connectivity index (χ2n) is 5.77. The summed E-state index contributed by atoms with van der Waals surface area (Å²) < 4.78 is 5.91. The fourth-order valence-electron chi connectivity index (χ4n) is 0.981. The Morgan fingerprint density at radius 1 is 1.07 bits per heavy atom.